The zero-order chi connectivity index (χ0) is 13.8. The van der Waals surface area contributed by atoms with Gasteiger partial charge in [0.1, 0.15) is 5.75 Å². The molecule has 0 aliphatic rings. The van der Waals surface area contributed by atoms with Gasteiger partial charge in [0.2, 0.25) is 0 Å². The molecule has 18 heavy (non-hydrogen) atoms. The smallest absolute Gasteiger partial charge is 0.306 e. The highest BCUT2D eigenvalue weighted by Gasteiger charge is 2.19. The van der Waals surface area contributed by atoms with Gasteiger partial charge in [0, 0.05) is 0 Å². The van der Waals surface area contributed by atoms with Gasteiger partial charge in [-0.05, 0) is 29.0 Å². The summed E-state index contributed by atoms with van der Waals surface area (Å²) < 4.78 is 5.59. The van der Waals surface area contributed by atoms with Crippen molar-refractivity contribution in [2.45, 2.75) is 46.0 Å². The second-order valence-electron chi connectivity index (χ2n) is 5.43. The zero-order valence-corrected chi connectivity index (χ0v) is 11.6. The Morgan fingerprint density at radius 2 is 2.00 bits per heavy atom. The largest absolute Gasteiger partial charge is 0.493 e. The van der Waals surface area contributed by atoms with Crippen molar-refractivity contribution in [2.24, 2.45) is 0 Å². The standard InChI is InChI=1S/C15H22O3/c1-5-11-6-7-13(18-9-8-14(16)17)12(10-11)15(2,3)4/h6-7,10H,5,8-9H2,1-4H3,(H,16,17). The van der Waals surface area contributed by atoms with Crippen LogP contribution in [0.5, 0.6) is 5.75 Å². The van der Waals surface area contributed by atoms with Crippen LogP contribution in [-0.2, 0) is 16.6 Å². The molecule has 0 amide bonds. The second kappa shape index (κ2) is 5.89. The van der Waals surface area contributed by atoms with Crippen molar-refractivity contribution in [3.63, 3.8) is 0 Å². The number of carbonyl (C=O) groups is 1. The van der Waals surface area contributed by atoms with E-state index in [4.69, 9.17) is 9.84 Å². The molecule has 0 fully saturated rings. The van der Waals surface area contributed by atoms with Gasteiger partial charge >= 0.3 is 5.97 Å². The molecule has 0 saturated heterocycles. The Kier molecular flexibility index (Phi) is 4.76. The molecular weight excluding hydrogens is 228 g/mol. The third-order valence-electron chi connectivity index (χ3n) is 2.83. The SMILES string of the molecule is CCc1ccc(OCCC(=O)O)c(C(C)(C)C)c1. The number of carboxylic acids is 1. The Morgan fingerprint density at radius 3 is 2.50 bits per heavy atom. The van der Waals surface area contributed by atoms with Crippen molar-refractivity contribution in [1.29, 1.82) is 0 Å². The van der Waals surface area contributed by atoms with Crippen LogP contribution in [0.4, 0.5) is 0 Å². The van der Waals surface area contributed by atoms with Crippen molar-refractivity contribution in [3.8, 4) is 5.75 Å². The van der Waals surface area contributed by atoms with Gasteiger partial charge in [0.05, 0.1) is 13.0 Å². The van der Waals surface area contributed by atoms with E-state index in [0.29, 0.717) is 0 Å². The number of carboxylic acid groups (broad SMARTS) is 1. The molecule has 0 aliphatic carbocycles. The average molecular weight is 250 g/mol. The molecule has 1 aromatic rings. The van der Waals surface area contributed by atoms with Crippen LogP contribution in [0.1, 0.15) is 45.2 Å². The normalized spacial score (nSPS) is 11.3. The van der Waals surface area contributed by atoms with Gasteiger partial charge in [-0.1, -0.05) is 39.8 Å². The lowest BCUT2D eigenvalue weighted by Gasteiger charge is -2.23. The summed E-state index contributed by atoms with van der Waals surface area (Å²) in [6, 6.07) is 6.13. The number of aryl methyl sites for hydroxylation is 1. The van der Waals surface area contributed by atoms with Crippen molar-refractivity contribution in [2.75, 3.05) is 6.61 Å². The predicted octanol–water partition coefficient (Wildman–Crippen LogP) is 3.40. The van der Waals surface area contributed by atoms with E-state index < -0.39 is 5.97 Å². The molecule has 1 aromatic carbocycles. The van der Waals surface area contributed by atoms with E-state index in [1.165, 1.54) is 5.56 Å². The number of benzene rings is 1. The summed E-state index contributed by atoms with van der Waals surface area (Å²) in [5.74, 6) is -0.0431. The Bertz CT molecular complexity index is 416. The van der Waals surface area contributed by atoms with E-state index in [1.54, 1.807) is 0 Å². The fourth-order valence-electron chi connectivity index (χ4n) is 1.76. The van der Waals surface area contributed by atoms with Gasteiger partial charge in [-0.25, -0.2) is 0 Å². The summed E-state index contributed by atoms with van der Waals surface area (Å²) in [4.78, 5) is 10.5. The summed E-state index contributed by atoms with van der Waals surface area (Å²) >= 11 is 0. The molecule has 0 unspecified atom stereocenters. The first kappa shape index (κ1) is 14.6. The molecule has 0 atom stereocenters. The number of hydrogen-bond donors (Lipinski definition) is 1. The summed E-state index contributed by atoms with van der Waals surface area (Å²) in [6.45, 7) is 8.72. The van der Waals surface area contributed by atoms with Gasteiger partial charge in [-0.2, -0.15) is 0 Å². The van der Waals surface area contributed by atoms with Crippen molar-refractivity contribution < 1.29 is 14.6 Å². The molecular formula is C15H22O3. The van der Waals surface area contributed by atoms with Gasteiger partial charge in [0.25, 0.3) is 0 Å². The Balaban J connectivity index is 2.92. The van der Waals surface area contributed by atoms with Crippen LogP contribution < -0.4 is 4.74 Å². The van der Waals surface area contributed by atoms with Gasteiger partial charge in [-0.3, -0.25) is 4.79 Å². The Labute approximate surface area is 109 Å². The maximum atomic E-state index is 10.5. The molecule has 0 aliphatic heterocycles. The monoisotopic (exact) mass is 250 g/mol. The van der Waals surface area contributed by atoms with Gasteiger partial charge in [-0.15, -0.1) is 0 Å². The maximum absolute atomic E-state index is 10.5. The lowest BCUT2D eigenvalue weighted by Crippen LogP contribution is -2.15. The molecule has 3 heteroatoms. The fourth-order valence-corrected chi connectivity index (χ4v) is 1.76. The molecule has 100 valence electrons. The lowest BCUT2D eigenvalue weighted by molar-refractivity contribution is -0.137. The van der Waals surface area contributed by atoms with E-state index in [-0.39, 0.29) is 18.4 Å². The number of ether oxygens (including phenoxy) is 1. The van der Waals surface area contributed by atoms with E-state index in [9.17, 15) is 4.79 Å². The van der Waals surface area contributed by atoms with Gasteiger partial charge in [0.15, 0.2) is 0 Å². The van der Waals surface area contributed by atoms with Crippen LogP contribution in [0.25, 0.3) is 0 Å². The molecule has 1 rings (SSSR count). The van der Waals surface area contributed by atoms with Crippen LogP contribution in [0.15, 0.2) is 18.2 Å². The molecule has 0 saturated carbocycles. The summed E-state index contributed by atoms with van der Waals surface area (Å²) in [6.07, 6.45) is 1.01. The molecule has 0 radical (unpaired) electrons. The first-order valence-electron chi connectivity index (χ1n) is 6.32. The molecule has 3 nitrogen and oxygen atoms in total. The summed E-state index contributed by atoms with van der Waals surface area (Å²) in [7, 11) is 0. The predicted molar refractivity (Wildman–Crippen MR) is 72.3 cm³/mol. The lowest BCUT2D eigenvalue weighted by atomic mass is 9.85. The highest BCUT2D eigenvalue weighted by Crippen LogP contribution is 2.32. The fraction of sp³-hybridized carbons (Fsp3) is 0.533. The second-order valence-corrected chi connectivity index (χ2v) is 5.43. The minimum atomic E-state index is -0.836. The van der Waals surface area contributed by atoms with Crippen molar-refractivity contribution >= 4 is 5.97 Å². The van der Waals surface area contributed by atoms with E-state index in [2.05, 4.69) is 33.8 Å². The molecule has 0 bridgehead atoms. The highest BCUT2D eigenvalue weighted by atomic mass is 16.5. The van der Waals surface area contributed by atoms with Crippen LogP contribution in [0.3, 0.4) is 0 Å². The minimum Gasteiger partial charge on any atom is -0.493 e. The first-order valence-corrected chi connectivity index (χ1v) is 6.32. The number of rotatable bonds is 5. The van der Waals surface area contributed by atoms with Crippen molar-refractivity contribution in [1.82, 2.24) is 0 Å². The molecule has 0 heterocycles. The van der Waals surface area contributed by atoms with Crippen molar-refractivity contribution in [3.05, 3.63) is 29.3 Å². The van der Waals surface area contributed by atoms with E-state index in [0.717, 1.165) is 17.7 Å². The maximum Gasteiger partial charge on any atom is 0.306 e. The quantitative estimate of drug-likeness (QED) is 0.871. The zero-order valence-electron chi connectivity index (χ0n) is 11.6. The summed E-state index contributed by atoms with van der Waals surface area (Å²) in [5.41, 5.74) is 2.39. The topological polar surface area (TPSA) is 46.5 Å². The summed E-state index contributed by atoms with van der Waals surface area (Å²) in [5, 5.41) is 8.62. The van der Waals surface area contributed by atoms with Crippen LogP contribution >= 0.6 is 0 Å². The number of hydrogen-bond acceptors (Lipinski definition) is 2. The van der Waals surface area contributed by atoms with Crippen LogP contribution in [0, 0.1) is 0 Å². The van der Waals surface area contributed by atoms with E-state index >= 15 is 0 Å². The Hall–Kier alpha value is -1.51. The highest BCUT2D eigenvalue weighted by molar-refractivity contribution is 5.66. The van der Waals surface area contributed by atoms with E-state index in [1.807, 2.05) is 12.1 Å². The number of aliphatic carboxylic acids is 1. The Morgan fingerprint density at radius 1 is 1.33 bits per heavy atom. The molecule has 0 spiro atoms. The first-order chi connectivity index (χ1) is 8.34. The van der Waals surface area contributed by atoms with Crippen LogP contribution in [0.2, 0.25) is 0 Å². The van der Waals surface area contributed by atoms with Crippen LogP contribution in [-0.4, -0.2) is 17.7 Å². The average Bonchev–Trinajstić information content (AvgIpc) is 2.27. The minimum absolute atomic E-state index is 0.0102. The molecule has 1 N–H and O–H groups in total. The van der Waals surface area contributed by atoms with Gasteiger partial charge < -0.3 is 9.84 Å². The third-order valence-corrected chi connectivity index (χ3v) is 2.83. The third kappa shape index (κ3) is 4.06. The molecule has 0 aromatic heterocycles.